The summed E-state index contributed by atoms with van der Waals surface area (Å²) < 4.78 is 8.22. The third kappa shape index (κ3) is 5.95. The Balaban J connectivity index is 1.66. The van der Waals surface area contributed by atoms with Gasteiger partial charge < -0.3 is 15.0 Å². The van der Waals surface area contributed by atoms with Crippen LogP contribution in [0.25, 0.3) is 0 Å². The van der Waals surface area contributed by atoms with E-state index in [2.05, 4.69) is 55.1 Å². The highest BCUT2D eigenvalue weighted by Gasteiger charge is 2.34. The lowest BCUT2D eigenvalue weighted by molar-refractivity contribution is -0.116. The van der Waals surface area contributed by atoms with Crippen molar-refractivity contribution in [2.45, 2.75) is 79.2 Å². The van der Waals surface area contributed by atoms with Gasteiger partial charge in [0.25, 0.3) is 0 Å². The van der Waals surface area contributed by atoms with Gasteiger partial charge in [0.2, 0.25) is 5.91 Å². The molecule has 170 valence electrons. The summed E-state index contributed by atoms with van der Waals surface area (Å²) in [6, 6.07) is 10.6. The first-order valence-electron chi connectivity index (χ1n) is 11.6. The standard InChI is InChI=1S/C25H38N4O2/c1-7-28(8-2)22-14-23(17(3)4)31-24(15-22)20-9-11-21(12-10-20)26-25(30)16-29-19(6)13-18(5)27-29/h9-13,17,22-24H,7-8,14-16H2,1-6H3,(H,26,30)/t22-,23-,24+/m1/s1. The highest BCUT2D eigenvalue weighted by Crippen LogP contribution is 2.36. The lowest BCUT2D eigenvalue weighted by atomic mass is 9.89. The minimum Gasteiger partial charge on any atom is -0.370 e. The van der Waals surface area contributed by atoms with Crippen LogP contribution in [0.2, 0.25) is 0 Å². The number of hydrogen-bond acceptors (Lipinski definition) is 4. The van der Waals surface area contributed by atoms with Crippen molar-refractivity contribution in [2.75, 3.05) is 18.4 Å². The molecule has 2 aromatic rings. The van der Waals surface area contributed by atoms with E-state index in [0.29, 0.717) is 12.0 Å². The fourth-order valence-corrected chi connectivity index (χ4v) is 4.57. The Morgan fingerprint density at radius 3 is 2.42 bits per heavy atom. The van der Waals surface area contributed by atoms with Crippen molar-refractivity contribution >= 4 is 11.6 Å². The Labute approximate surface area is 187 Å². The van der Waals surface area contributed by atoms with Crippen LogP contribution in [0.5, 0.6) is 0 Å². The van der Waals surface area contributed by atoms with E-state index in [1.165, 1.54) is 5.56 Å². The maximum atomic E-state index is 12.4. The van der Waals surface area contributed by atoms with Gasteiger partial charge in [0.15, 0.2) is 0 Å². The highest BCUT2D eigenvalue weighted by atomic mass is 16.5. The summed E-state index contributed by atoms with van der Waals surface area (Å²) >= 11 is 0. The summed E-state index contributed by atoms with van der Waals surface area (Å²) in [6.07, 6.45) is 2.46. The van der Waals surface area contributed by atoms with Crippen molar-refractivity contribution in [3.05, 3.63) is 47.3 Å². The summed E-state index contributed by atoms with van der Waals surface area (Å²) in [5.41, 5.74) is 3.88. The number of aryl methyl sites for hydroxylation is 2. The number of aromatic nitrogens is 2. The van der Waals surface area contributed by atoms with Crippen molar-refractivity contribution in [1.82, 2.24) is 14.7 Å². The molecule has 3 rings (SSSR count). The monoisotopic (exact) mass is 426 g/mol. The normalized spacial score (nSPS) is 21.6. The topological polar surface area (TPSA) is 59.4 Å². The predicted octanol–water partition coefficient (Wildman–Crippen LogP) is 4.73. The van der Waals surface area contributed by atoms with E-state index in [0.717, 1.165) is 43.0 Å². The number of amides is 1. The van der Waals surface area contributed by atoms with Crippen LogP contribution in [0.3, 0.4) is 0 Å². The quantitative estimate of drug-likeness (QED) is 0.663. The molecule has 6 heteroatoms. The summed E-state index contributed by atoms with van der Waals surface area (Å²) in [6.45, 7) is 15.2. The molecule has 1 aliphatic rings. The zero-order valence-electron chi connectivity index (χ0n) is 19.9. The van der Waals surface area contributed by atoms with Crippen LogP contribution in [0.15, 0.2) is 30.3 Å². The molecule has 1 fully saturated rings. The van der Waals surface area contributed by atoms with Crippen LogP contribution in [-0.4, -0.2) is 45.8 Å². The average molecular weight is 427 g/mol. The van der Waals surface area contributed by atoms with Crippen molar-refractivity contribution in [3.63, 3.8) is 0 Å². The molecule has 0 bridgehead atoms. The van der Waals surface area contributed by atoms with Gasteiger partial charge in [-0.15, -0.1) is 0 Å². The predicted molar refractivity (Wildman–Crippen MR) is 125 cm³/mol. The molecule has 6 nitrogen and oxygen atoms in total. The zero-order valence-corrected chi connectivity index (χ0v) is 19.9. The maximum Gasteiger partial charge on any atom is 0.246 e. The average Bonchev–Trinajstić information content (AvgIpc) is 3.05. The SMILES string of the molecule is CCN(CC)[C@H]1C[C@@H](c2ccc(NC(=O)Cn3nc(C)cc3C)cc2)O[C@@H](C(C)C)C1. The van der Waals surface area contributed by atoms with E-state index in [1.807, 2.05) is 32.0 Å². The summed E-state index contributed by atoms with van der Waals surface area (Å²) in [5.74, 6) is 0.420. The zero-order chi connectivity index (χ0) is 22.5. The van der Waals surface area contributed by atoms with Gasteiger partial charge in [0.05, 0.1) is 17.9 Å². The van der Waals surface area contributed by atoms with Crippen molar-refractivity contribution in [2.24, 2.45) is 5.92 Å². The fraction of sp³-hybridized carbons (Fsp3) is 0.600. The Morgan fingerprint density at radius 2 is 1.87 bits per heavy atom. The summed E-state index contributed by atoms with van der Waals surface area (Å²) in [7, 11) is 0. The van der Waals surface area contributed by atoms with Gasteiger partial charge in [0.1, 0.15) is 6.54 Å². The van der Waals surface area contributed by atoms with Crippen molar-refractivity contribution < 1.29 is 9.53 Å². The van der Waals surface area contributed by atoms with Crippen LogP contribution >= 0.6 is 0 Å². The summed E-state index contributed by atoms with van der Waals surface area (Å²) in [4.78, 5) is 15.0. The molecular weight excluding hydrogens is 388 g/mol. The second-order valence-electron chi connectivity index (χ2n) is 9.01. The third-order valence-electron chi connectivity index (χ3n) is 6.36. The summed E-state index contributed by atoms with van der Waals surface area (Å²) in [5, 5.41) is 7.34. The molecule has 31 heavy (non-hydrogen) atoms. The molecule has 1 amide bonds. The van der Waals surface area contributed by atoms with Crippen LogP contribution in [-0.2, 0) is 16.1 Å². The van der Waals surface area contributed by atoms with Crippen LogP contribution in [0.1, 0.15) is 63.6 Å². The molecule has 1 aliphatic heterocycles. The first-order chi connectivity index (χ1) is 14.8. The van der Waals surface area contributed by atoms with Gasteiger partial charge in [-0.05, 0) is 69.5 Å². The molecule has 1 aromatic carbocycles. The van der Waals surface area contributed by atoms with E-state index < -0.39 is 0 Å². The largest absolute Gasteiger partial charge is 0.370 e. The third-order valence-corrected chi connectivity index (χ3v) is 6.36. The number of nitrogens with one attached hydrogen (secondary N) is 1. The number of hydrogen-bond donors (Lipinski definition) is 1. The Bertz CT molecular complexity index is 855. The molecular formula is C25H38N4O2. The van der Waals surface area contributed by atoms with Crippen LogP contribution in [0, 0.1) is 19.8 Å². The maximum absolute atomic E-state index is 12.4. The second kappa shape index (κ2) is 10.4. The van der Waals surface area contributed by atoms with Gasteiger partial charge in [-0.3, -0.25) is 9.48 Å². The van der Waals surface area contributed by atoms with Gasteiger partial charge in [-0.25, -0.2) is 0 Å². The molecule has 1 saturated heterocycles. The van der Waals surface area contributed by atoms with Crippen molar-refractivity contribution in [1.29, 1.82) is 0 Å². The lowest BCUT2D eigenvalue weighted by Gasteiger charge is -2.42. The number of anilines is 1. The first kappa shape index (κ1) is 23.5. The van der Waals surface area contributed by atoms with E-state index in [-0.39, 0.29) is 24.7 Å². The minimum atomic E-state index is -0.0747. The van der Waals surface area contributed by atoms with Crippen molar-refractivity contribution in [3.8, 4) is 0 Å². The van der Waals surface area contributed by atoms with Gasteiger partial charge in [-0.2, -0.15) is 5.10 Å². The van der Waals surface area contributed by atoms with Gasteiger partial charge >= 0.3 is 0 Å². The Morgan fingerprint density at radius 1 is 1.19 bits per heavy atom. The van der Waals surface area contributed by atoms with Gasteiger partial charge in [-0.1, -0.05) is 39.8 Å². The van der Waals surface area contributed by atoms with Crippen LogP contribution < -0.4 is 5.32 Å². The molecule has 1 N–H and O–H groups in total. The molecule has 2 heterocycles. The smallest absolute Gasteiger partial charge is 0.246 e. The van der Waals surface area contributed by atoms with E-state index in [4.69, 9.17) is 4.74 Å². The van der Waals surface area contributed by atoms with E-state index >= 15 is 0 Å². The first-order valence-corrected chi connectivity index (χ1v) is 11.6. The molecule has 0 spiro atoms. The van der Waals surface area contributed by atoms with Crippen LogP contribution in [0.4, 0.5) is 5.69 Å². The molecule has 0 saturated carbocycles. The van der Waals surface area contributed by atoms with Gasteiger partial charge in [0, 0.05) is 17.4 Å². The Kier molecular flexibility index (Phi) is 7.89. The number of nitrogens with zero attached hydrogens (tertiary/aromatic N) is 3. The second-order valence-corrected chi connectivity index (χ2v) is 9.01. The molecule has 0 unspecified atom stereocenters. The molecule has 0 aliphatic carbocycles. The minimum absolute atomic E-state index is 0.0747. The lowest BCUT2D eigenvalue weighted by Crippen LogP contribution is -2.44. The molecule has 0 radical (unpaired) electrons. The fourth-order valence-electron chi connectivity index (χ4n) is 4.57. The van der Waals surface area contributed by atoms with E-state index in [1.54, 1.807) is 4.68 Å². The number of benzene rings is 1. The molecule has 3 atom stereocenters. The molecule has 1 aromatic heterocycles. The van der Waals surface area contributed by atoms with E-state index in [9.17, 15) is 4.79 Å². The number of carbonyl (C=O) groups excluding carboxylic acids is 1. The Hall–Kier alpha value is -2.18. The number of carbonyl (C=O) groups is 1. The number of rotatable bonds is 8. The highest BCUT2D eigenvalue weighted by molar-refractivity contribution is 5.90. The number of ether oxygens (including phenoxy) is 1.